The fourth-order valence-corrected chi connectivity index (χ4v) is 5.07. The van der Waals surface area contributed by atoms with E-state index >= 15 is 0 Å². The number of aliphatic hydroxyl groups is 1. The van der Waals surface area contributed by atoms with Gasteiger partial charge in [0, 0.05) is 11.1 Å². The highest BCUT2D eigenvalue weighted by Gasteiger charge is 2.46. The van der Waals surface area contributed by atoms with Crippen molar-refractivity contribution in [1.29, 1.82) is 0 Å². The number of hydrogen-bond acceptors (Lipinski definition) is 6. The number of methoxy groups -OCH3 is 2. The Hall–Kier alpha value is -5.04. The Morgan fingerprint density at radius 1 is 0.868 bits per heavy atom. The summed E-state index contributed by atoms with van der Waals surface area (Å²) >= 11 is 0. The number of anilines is 1. The molecule has 1 unspecified atom stereocenters. The summed E-state index contributed by atoms with van der Waals surface area (Å²) in [7, 11) is 3.08. The standard InChI is InChI=1S/C31H23NO6/c1-36-21-15-13-20(14-16-21)32-27(23-11-5-8-18-7-3-4-10-22(18)23)26(29(34)31(32)35)28(33)25-17-19-9-6-12-24(37-2)30(19)38-25/h3-17,27,34H,1-2H3. The molecule has 2 heterocycles. The van der Waals surface area contributed by atoms with Gasteiger partial charge in [0.05, 0.1) is 25.8 Å². The summed E-state index contributed by atoms with van der Waals surface area (Å²) in [6.45, 7) is 0. The van der Waals surface area contributed by atoms with Crippen LogP contribution in [-0.4, -0.2) is 31.0 Å². The highest BCUT2D eigenvalue weighted by Crippen LogP contribution is 2.44. The lowest BCUT2D eigenvalue weighted by molar-refractivity contribution is -0.117. The monoisotopic (exact) mass is 505 g/mol. The van der Waals surface area contributed by atoms with Crippen LogP contribution in [0.3, 0.4) is 0 Å². The van der Waals surface area contributed by atoms with E-state index in [1.54, 1.807) is 55.6 Å². The minimum atomic E-state index is -0.899. The van der Waals surface area contributed by atoms with Gasteiger partial charge in [-0.15, -0.1) is 0 Å². The van der Waals surface area contributed by atoms with E-state index < -0.39 is 23.5 Å². The zero-order valence-corrected chi connectivity index (χ0v) is 20.7. The molecule has 0 saturated heterocycles. The first kappa shape index (κ1) is 23.4. The van der Waals surface area contributed by atoms with Crippen molar-refractivity contribution in [3.63, 3.8) is 0 Å². The van der Waals surface area contributed by atoms with Crippen molar-refractivity contribution in [3.8, 4) is 11.5 Å². The first-order valence-corrected chi connectivity index (χ1v) is 12.0. The SMILES string of the molecule is COc1ccc(N2C(=O)C(O)=C(C(=O)c3cc4cccc(OC)c4o3)C2c2cccc3ccccc23)cc1. The Morgan fingerprint density at radius 2 is 1.58 bits per heavy atom. The number of fused-ring (bicyclic) bond motifs is 2. The van der Waals surface area contributed by atoms with Crippen LogP contribution >= 0.6 is 0 Å². The van der Waals surface area contributed by atoms with Crippen LogP contribution in [0.2, 0.25) is 0 Å². The number of aliphatic hydroxyl groups excluding tert-OH is 1. The summed E-state index contributed by atoms with van der Waals surface area (Å²) in [5.41, 5.74) is 1.57. The number of Topliss-reactive ketones (excluding diaryl/α,β-unsaturated/α-hetero) is 1. The van der Waals surface area contributed by atoms with Crippen molar-refractivity contribution in [2.24, 2.45) is 0 Å². The molecule has 6 rings (SSSR count). The highest BCUT2D eigenvalue weighted by atomic mass is 16.5. The van der Waals surface area contributed by atoms with Crippen molar-refractivity contribution in [2.45, 2.75) is 6.04 Å². The Morgan fingerprint density at radius 3 is 2.34 bits per heavy atom. The van der Waals surface area contributed by atoms with E-state index in [4.69, 9.17) is 13.9 Å². The molecule has 1 aromatic heterocycles. The summed E-state index contributed by atoms with van der Waals surface area (Å²) in [4.78, 5) is 29.0. The highest BCUT2D eigenvalue weighted by molar-refractivity contribution is 6.21. The molecule has 7 nitrogen and oxygen atoms in total. The zero-order chi connectivity index (χ0) is 26.4. The van der Waals surface area contributed by atoms with Crippen molar-refractivity contribution in [2.75, 3.05) is 19.1 Å². The van der Waals surface area contributed by atoms with Gasteiger partial charge in [0.1, 0.15) is 5.75 Å². The predicted octanol–water partition coefficient (Wildman–Crippen LogP) is 6.39. The van der Waals surface area contributed by atoms with E-state index in [0.717, 1.165) is 10.8 Å². The van der Waals surface area contributed by atoms with Crippen LogP contribution in [-0.2, 0) is 4.79 Å². The normalized spacial score (nSPS) is 15.5. The van der Waals surface area contributed by atoms with Crippen LogP contribution in [0.5, 0.6) is 11.5 Å². The van der Waals surface area contributed by atoms with Gasteiger partial charge in [-0.2, -0.15) is 0 Å². The third kappa shape index (κ3) is 3.59. The molecule has 0 bridgehead atoms. The molecule has 1 atom stereocenters. The molecular formula is C31H23NO6. The van der Waals surface area contributed by atoms with Crippen LogP contribution in [0.1, 0.15) is 22.2 Å². The number of carbonyl (C=O) groups is 2. The van der Waals surface area contributed by atoms with Crippen LogP contribution in [0.4, 0.5) is 5.69 Å². The Bertz CT molecular complexity index is 1740. The Labute approximate surface area is 218 Å². The van der Waals surface area contributed by atoms with Gasteiger partial charge in [-0.3, -0.25) is 14.5 Å². The fraction of sp³-hybridized carbons (Fsp3) is 0.0968. The second-order valence-corrected chi connectivity index (χ2v) is 8.92. The number of para-hydroxylation sites is 1. The number of ether oxygens (including phenoxy) is 2. The van der Waals surface area contributed by atoms with E-state index in [1.165, 1.54) is 12.0 Å². The van der Waals surface area contributed by atoms with Gasteiger partial charge in [-0.05, 0) is 52.7 Å². The van der Waals surface area contributed by atoms with Crippen molar-refractivity contribution >= 4 is 39.1 Å². The Kier molecular flexibility index (Phi) is 5.61. The molecule has 1 aliphatic heterocycles. The lowest BCUT2D eigenvalue weighted by Gasteiger charge is -2.28. The number of amides is 1. The van der Waals surface area contributed by atoms with Crippen molar-refractivity contribution < 1.29 is 28.6 Å². The third-order valence-corrected chi connectivity index (χ3v) is 6.87. The van der Waals surface area contributed by atoms with Gasteiger partial charge in [0.15, 0.2) is 22.9 Å². The minimum absolute atomic E-state index is 0.000618. The van der Waals surface area contributed by atoms with Gasteiger partial charge >= 0.3 is 0 Å². The lowest BCUT2D eigenvalue weighted by Crippen LogP contribution is -2.31. The fourth-order valence-electron chi connectivity index (χ4n) is 5.07. The molecule has 1 amide bonds. The van der Waals surface area contributed by atoms with Crippen molar-refractivity contribution in [3.05, 3.63) is 114 Å². The molecule has 38 heavy (non-hydrogen) atoms. The molecule has 1 N–H and O–H groups in total. The summed E-state index contributed by atoms with van der Waals surface area (Å²) in [5.74, 6) is -0.774. The van der Waals surface area contributed by atoms with Crippen LogP contribution in [0, 0.1) is 0 Å². The molecule has 4 aromatic carbocycles. The van der Waals surface area contributed by atoms with Gasteiger partial charge in [-0.25, -0.2) is 0 Å². The lowest BCUT2D eigenvalue weighted by atomic mass is 9.91. The quantitative estimate of drug-likeness (QED) is 0.269. The molecule has 5 aromatic rings. The average molecular weight is 506 g/mol. The first-order valence-electron chi connectivity index (χ1n) is 12.0. The maximum atomic E-state index is 14.0. The van der Waals surface area contributed by atoms with Gasteiger partial charge < -0.3 is 19.0 Å². The predicted molar refractivity (Wildman–Crippen MR) is 144 cm³/mol. The second kappa shape index (κ2) is 9.12. The molecule has 7 heteroatoms. The summed E-state index contributed by atoms with van der Waals surface area (Å²) in [6.07, 6.45) is 0. The minimum Gasteiger partial charge on any atom is -0.503 e. The number of carbonyl (C=O) groups excluding carboxylic acids is 2. The summed E-state index contributed by atoms with van der Waals surface area (Å²) in [6, 6.07) is 26.4. The molecule has 0 saturated carbocycles. The van der Waals surface area contributed by atoms with Crippen LogP contribution < -0.4 is 14.4 Å². The van der Waals surface area contributed by atoms with Crippen molar-refractivity contribution in [1.82, 2.24) is 0 Å². The van der Waals surface area contributed by atoms with E-state index in [0.29, 0.717) is 33.7 Å². The van der Waals surface area contributed by atoms with Crippen LogP contribution in [0.25, 0.3) is 21.7 Å². The second-order valence-electron chi connectivity index (χ2n) is 8.92. The van der Waals surface area contributed by atoms with E-state index in [1.807, 2.05) is 42.5 Å². The Balaban J connectivity index is 1.55. The summed E-state index contributed by atoms with van der Waals surface area (Å²) in [5, 5.41) is 13.7. The van der Waals surface area contributed by atoms with E-state index in [9.17, 15) is 14.7 Å². The number of hydrogen-bond donors (Lipinski definition) is 1. The number of rotatable bonds is 6. The van der Waals surface area contributed by atoms with Crippen LogP contribution in [0.15, 0.2) is 107 Å². The molecule has 0 aliphatic carbocycles. The number of nitrogens with zero attached hydrogens (tertiary/aromatic N) is 1. The smallest absolute Gasteiger partial charge is 0.294 e. The number of furan rings is 1. The topological polar surface area (TPSA) is 89.2 Å². The molecule has 188 valence electrons. The zero-order valence-electron chi connectivity index (χ0n) is 20.7. The largest absolute Gasteiger partial charge is 0.503 e. The maximum absolute atomic E-state index is 14.0. The third-order valence-electron chi connectivity index (χ3n) is 6.87. The van der Waals surface area contributed by atoms with Gasteiger partial charge in [0.2, 0.25) is 5.78 Å². The molecule has 1 aliphatic rings. The first-order chi connectivity index (χ1) is 18.5. The molecule has 0 fully saturated rings. The molecule has 0 spiro atoms. The van der Waals surface area contributed by atoms with Gasteiger partial charge in [0.25, 0.3) is 5.91 Å². The van der Waals surface area contributed by atoms with Gasteiger partial charge in [-0.1, -0.05) is 54.6 Å². The maximum Gasteiger partial charge on any atom is 0.294 e. The van der Waals surface area contributed by atoms with E-state index in [2.05, 4.69) is 0 Å². The average Bonchev–Trinajstić information content (AvgIpc) is 3.51. The number of benzene rings is 4. The number of ketones is 1. The molecule has 0 radical (unpaired) electrons. The summed E-state index contributed by atoms with van der Waals surface area (Å²) < 4.78 is 16.6. The molecular weight excluding hydrogens is 482 g/mol. The van der Waals surface area contributed by atoms with E-state index in [-0.39, 0.29) is 11.3 Å².